The Morgan fingerprint density at radius 1 is 0.786 bits per heavy atom. The fourth-order valence-corrected chi connectivity index (χ4v) is 4.09. The topological polar surface area (TPSA) is 103 Å². The van der Waals surface area contributed by atoms with Crippen molar-refractivity contribution in [2.24, 2.45) is 5.16 Å². The first-order chi connectivity index (χ1) is 20.5. The Balaban J connectivity index is 1.17. The third-order valence-electron chi connectivity index (χ3n) is 6.36. The Morgan fingerprint density at radius 2 is 1.43 bits per heavy atom. The molecule has 0 saturated heterocycles. The van der Waals surface area contributed by atoms with E-state index < -0.39 is 5.97 Å². The highest BCUT2D eigenvalue weighted by molar-refractivity contribution is 6.01. The number of hydrogen-bond acceptors (Lipinski definition) is 7. The first-order valence-corrected chi connectivity index (χ1v) is 13.5. The Hall–Kier alpha value is -5.37. The number of rotatable bonds is 13. The lowest BCUT2D eigenvalue weighted by Gasteiger charge is -2.09. The fourth-order valence-electron chi connectivity index (χ4n) is 4.09. The predicted octanol–water partition coefficient (Wildman–Crippen LogP) is 7.81. The number of oxazole rings is 1. The van der Waals surface area contributed by atoms with Crippen LogP contribution < -0.4 is 9.47 Å². The quantitative estimate of drug-likeness (QED) is 0.115. The molecule has 0 fully saturated rings. The molecular formula is C34H30N2O6. The summed E-state index contributed by atoms with van der Waals surface area (Å²) in [4.78, 5) is 21.4. The number of aliphatic carboxylic acids is 1. The molecule has 1 N–H and O–H groups in total. The van der Waals surface area contributed by atoms with Crippen LogP contribution >= 0.6 is 0 Å². The molecule has 0 aliphatic heterocycles. The first-order valence-electron chi connectivity index (χ1n) is 13.5. The van der Waals surface area contributed by atoms with E-state index in [1.807, 2.05) is 116 Å². The smallest absolute Gasteiger partial charge is 0.303 e. The number of carboxylic acids is 1. The van der Waals surface area contributed by atoms with Gasteiger partial charge in [-0.25, -0.2) is 4.98 Å². The number of ether oxygens (including phenoxy) is 2. The van der Waals surface area contributed by atoms with Gasteiger partial charge in [0.15, 0.2) is 0 Å². The molecule has 1 aromatic heterocycles. The number of para-hydroxylation sites is 1. The van der Waals surface area contributed by atoms with Crippen LogP contribution in [0.1, 0.15) is 35.4 Å². The largest absolute Gasteiger partial charge is 0.487 e. The molecule has 8 heteroatoms. The van der Waals surface area contributed by atoms with Gasteiger partial charge in [0.2, 0.25) is 5.89 Å². The zero-order chi connectivity index (χ0) is 29.1. The predicted molar refractivity (Wildman–Crippen MR) is 159 cm³/mol. The lowest BCUT2D eigenvalue weighted by molar-refractivity contribution is -0.136. The maximum atomic E-state index is 11.2. The summed E-state index contributed by atoms with van der Waals surface area (Å²) in [6.45, 7) is 2.37. The third-order valence-corrected chi connectivity index (χ3v) is 6.36. The summed E-state index contributed by atoms with van der Waals surface area (Å²) in [6.07, 6.45) is 0.169. The summed E-state index contributed by atoms with van der Waals surface area (Å²) in [7, 11) is 0. The van der Waals surface area contributed by atoms with E-state index in [9.17, 15) is 9.90 Å². The van der Waals surface area contributed by atoms with Crippen molar-refractivity contribution in [3.05, 3.63) is 132 Å². The van der Waals surface area contributed by atoms with E-state index >= 15 is 0 Å². The van der Waals surface area contributed by atoms with Gasteiger partial charge in [-0.2, -0.15) is 0 Å². The van der Waals surface area contributed by atoms with Crippen molar-refractivity contribution in [3.63, 3.8) is 0 Å². The van der Waals surface area contributed by atoms with Crippen LogP contribution in [0.4, 0.5) is 0 Å². The van der Waals surface area contributed by atoms with Gasteiger partial charge in [0.25, 0.3) is 0 Å². The molecule has 212 valence electrons. The number of carbonyl (C=O) groups is 1. The molecule has 0 unspecified atom stereocenters. The van der Waals surface area contributed by atoms with Crippen molar-refractivity contribution < 1.29 is 28.6 Å². The van der Waals surface area contributed by atoms with Crippen molar-refractivity contribution in [1.82, 2.24) is 4.98 Å². The highest BCUT2D eigenvalue weighted by Crippen LogP contribution is 2.24. The number of hydrogen-bond donors (Lipinski definition) is 1. The highest BCUT2D eigenvalue weighted by Gasteiger charge is 2.12. The summed E-state index contributed by atoms with van der Waals surface area (Å²) in [6, 6.07) is 34.0. The first kappa shape index (κ1) is 28.2. The average molecular weight is 563 g/mol. The van der Waals surface area contributed by atoms with Crippen LogP contribution in [0, 0.1) is 6.92 Å². The summed E-state index contributed by atoms with van der Waals surface area (Å²) < 4.78 is 17.6. The number of nitrogens with zero attached hydrogens (tertiary/aromatic N) is 2. The van der Waals surface area contributed by atoms with Crippen molar-refractivity contribution in [2.75, 3.05) is 0 Å². The van der Waals surface area contributed by atoms with E-state index in [1.165, 1.54) is 0 Å². The van der Waals surface area contributed by atoms with Gasteiger partial charge in [0, 0.05) is 12.0 Å². The average Bonchev–Trinajstić information content (AvgIpc) is 3.40. The fraction of sp³-hybridized carbons (Fsp3) is 0.147. The van der Waals surface area contributed by atoms with Gasteiger partial charge in [-0.3, -0.25) is 4.79 Å². The SMILES string of the molecule is Cc1oc(-c2ccccc2)nc1COc1ccc(CO/N=C(/CCC(=O)O)c2ccc(Oc3ccccc3)cc2)cc1. The molecule has 0 aliphatic rings. The number of aromatic nitrogens is 1. The minimum Gasteiger partial charge on any atom is -0.487 e. The van der Waals surface area contributed by atoms with Crippen LogP contribution in [0.25, 0.3) is 11.5 Å². The van der Waals surface area contributed by atoms with E-state index in [1.54, 1.807) is 0 Å². The minimum atomic E-state index is -0.903. The van der Waals surface area contributed by atoms with Gasteiger partial charge in [0.1, 0.15) is 41.9 Å². The summed E-state index contributed by atoms with van der Waals surface area (Å²) in [5.41, 5.74) is 3.85. The molecule has 0 bridgehead atoms. The minimum absolute atomic E-state index is 0.0612. The van der Waals surface area contributed by atoms with Crippen molar-refractivity contribution in [2.45, 2.75) is 33.0 Å². The third kappa shape index (κ3) is 7.85. The zero-order valence-corrected chi connectivity index (χ0v) is 23.1. The second-order valence-electron chi connectivity index (χ2n) is 9.47. The molecule has 4 aromatic carbocycles. The second kappa shape index (κ2) is 13.8. The normalized spacial score (nSPS) is 11.2. The Bertz CT molecular complexity index is 1610. The maximum absolute atomic E-state index is 11.2. The Labute approximate surface area is 243 Å². The van der Waals surface area contributed by atoms with E-state index in [2.05, 4.69) is 10.1 Å². The van der Waals surface area contributed by atoms with E-state index in [0.717, 1.165) is 28.1 Å². The van der Waals surface area contributed by atoms with Crippen LogP contribution in [0.15, 0.2) is 119 Å². The molecule has 8 nitrogen and oxygen atoms in total. The van der Waals surface area contributed by atoms with Crippen LogP contribution in [0.2, 0.25) is 0 Å². The molecule has 0 spiro atoms. The Morgan fingerprint density at radius 3 is 2.12 bits per heavy atom. The van der Waals surface area contributed by atoms with Crippen LogP contribution in [-0.2, 0) is 22.8 Å². The van der Waals surface area contributed by atoms with E-state index in [-0.39, 0.29) is 26.1 Å². The molecular weight excluding hydrogens is 532 g/mol. The van der Waals surface area contributed by atoms with Gasteiger partial charge in [0.05, 0.1) is 12.1 Å². The van der Waals surface area contributed by atoms with Crippen LogP contribution in [-0.4, -0.2) is 21.8 Å². The highest BCUT2D eigenvalue weighted by atomic mass is 16.6. The molecule has 0 radical (unpaired) electrons. The van der Waals surface area contributed by atoms with Gasteiger partial charge >= 0.3 is 5.97 Å². The standard InChI is InChI=1S/C34H30N2O6/c1-24-32(35-34(41-24)27-8-4-2-5-9-27)23-39-28-16-12-25(13-17-28)22-40-36-31(20-21-33(37)38)26-14-18-30(19-15-26)42-29-10-6-3-7-11-29/h2-19H,20-23H2,1H3,(H,37,38)/b36-31-. The number of carboxylic acid groups (broad SMARTS) is 1. The monoisotopic (exact) mass is 562 g/mol. The van der Waals surface area contributed by atoms with E-state index in [0.29, 0.717) is 28.9 Å². The number of aryl methyl sites for hydroxylation is 1. The lowest BCUT2D eigenvalue weighted by atomic mass is 10.1. The summed E-state index contributed by atoms with van der Waals surface area (Å²) in [5.74, 6) is 2.47. The van der Waals surface area contributed by atoms with Crippen molar-refractivity contribution in [3.8, 4) is 28.7 Å². The summed E-state index contributed by atoms with van der Waals surface area (Å²) >= 11 is 0. The molecule has 0 amide bonds. The Kier molecular flexibility index (Phi) is 9.26. The number of oxime groups is 1. The van der Waals surface area contributed by atoms with Crippen LogP contribution in [0.3, 0.4) is 0 Å². The lowest BCUT2D eigenvalue weighted by Crippen LogP contribution is -2.06. The molecule has 5 aromatic rings. The molecule has 1 heterocycles. The molecule has 42 heavy (non-hydrogen) atoms. The number of benzene rings is 4. The second-order valence-corrected chi connectivity index (χ2v) is 9.47. The van der Waals surface area contributed by atoms with Gasteiger partial charge in [-0.05, 0) is 78.7 Å². The molecule has 0 aliphatic carbocycles. The van der Waals surface area contributed by atoms with E-state index in [4.69, 9.17) is 18.7 Å². The van der Waals surface area contributed by atoms with Crippen LogP contribution in [0.5, 0.6) is 17.2 Å². The summed E-state index contributed by atoms with van der Waals surface area (Å²) in [5, 5.41) is 13.5. The molecule has 0 atom stereocenters. The van der Waals surface area contributed by atoms with Gasteiger partial charge < -0.3 is 23.8 Å². The maximum Gasteiger partial charge on any atom is 0.303 e. The van der Waals surface area contributed by atoms with Gasteiger partial charge in [-0.1, -0.05) is 53.7 Å². The molecule has 0 saturated carbocycles. The molecule has 5 rings (SSSR count). The van der Waals surface area contributed by atoms with Gasteiger partial charge in [-0.15, -0.1) is 0 Å². The van der Waals surface area contributed by atoms with Crippen molar-refractivity contribution in [1.29, 1.82) is 0 Å². The zero-order valence-electron chi connectivity index (χ0n) is 23.1. The van der Waals surface area contributed by atoms with Crippen molar-refractivity contribution >= 4 is 11.7 Å².